The van der Waals surface area contributed by atoms with Gasteiger partial charge in [-0.2, -0.15) is 0 Å². The van der Waals surface area contributed by atoms with Crippen molar-refractivity contribution in [1.29, 1.82) is 0 Å². The lowest BCUT2D eigenvalue weighted by molar-refractivity contribution is 0.00969. The van der Waals surface area contributed by atoms with Crippen LogP contribution < -0.4 is 5.32 Å². The van der Waals surface area contributed by atoms with Gasteiger partial charge in [-0.3, -0.25) is 15.1 Å². The average molecular weight is 350 g/mol. The Morgan fingerprint density at radius 2 is 1.71 bits per heavy atom. The molecule has 6 nitrogen and oxygen atoms in total. The first kappa shape index (κ1) is 16.3. The van der Waals surface area contributed by atoms with E-state index in [-0.39, 0.29) is 6.03 Å². The average Bonchev–Trinajstić information content (AvgIpc) is 3.08. The zero-order chi connectivity index (χ0) is 16.4. The zero-order valence-electron chi connectivity index (χ0n) is 14.2. The summed E-state index contributed by atoms with van der Waals surface area (Å²) in [6.07, 6.45) is 8.76. The van der Waals surface area contributed by atoms with E-state index in [1.807, 2.05) is 10.3 Å². The van der Waals surface area contributed by atoms with Crippen molar-refractivity contribution >= 4 is 22.5 Å². The lowest BCUT2D eigenvalue weighted by atomic mass is 9.93. The molecule has 1 aromatic rings. The summed E-state index contributed by atoms with van der Waals surface area (Å²) in [5.41, 5.74) is 0. The fourth-order valence-electron chi connectivity index (χ4n) is 4.22. The van der Waals surface area contributed by atoms with Crippen LogP contribution in [0.3, 0.4) is 0 Å². The summed E-state index contributed by atoms with van der Waals surface area (Å²) in [5.74, 6) is 0. The van der Waals surface area contributed by atoms with Gasteiger partial charge in [0, 0.05) is 62.9 Å². The second-order valence-corrected chi connectivity index (χ2v) is 8.08. The van der Waals surface area contributed by atoms with E-state index < -0.39 is 0 Å². The molecule has 1 aliphatic carbocycles. The van der Waals surface area contributed by atoms with Gasteiger partial charge >= 0.3 is 6.03 Å². The van der Waals surface area contributed by atoms with E-state index >= 15 is 0 Å². The van der Waals surface area contributed by atoms with E-state index in [0.717, 1.165) is 32.2 Å². The maximum Gasteiger partial charge on any atom is 0.323 e. The van der Waals surface area contributed by atoms with Crippen molar-refractivity contribution in [2.24, 2.45) is 0 Å². The second kappa shape index (κ2) is 7.37. The molecule has 0 radical (unpaired) electrons. The third kappa shape index (κ3) is 3.58. The Kier molecular flexibility index (Phi) is 5.01. The minimum atomic E-state index is -0.0120. The van der Waals surface area contributed by atoms with Crippen molar-refractivity contribution in [1.82, 2.24) is 19.7 Å². The number of piperazine rings is 1. The standard InChI is InChI=1S/C17H27N5OS/c23-17(19-16-18-6-11-24-16)22-12-15(13-22)21-9-7-20(8-10-21)14-4-2-1-3-5-14/h6,11,14-15H,1-5,7-10,12-13H2,(H,18,19,23). The molecule has 7 heteroatoms. The molecule has 3 heterocycles. The molecular formula is C17H27N5OS. The predicted molar refractivity (Wildman–Crippen MR) is 96.5 cm³/mol. The van der Waals surface area contributed by atoms with E-state index in [0.29, 0.717) is 11.2 Å². The normalized spacial score (nSPS) is 24.8. The molecule has 3 aliphatic rings. The Morgan fingerprint density at radius 3 is 2.33 bits per heavy atom. The van der Waals surface area contributed by atoms with Gasteiger partial charge in [-0.05, 0) is 12.8 Å². The van der Waals surface area contributed by atoms with Gasteiger partial charge in [-0.1, -0.05) is 19.3 Å². The quantitative estimate of drug-likeness (QED) is 0.910. The number of anilines is 1. The molecule has 1 saturated carbocycles. The zero-order valence-corrected chi connectivity index (χ0v) is 15.0. The topological polar surface area (TPSA) is 51.7 Å². The molecule has 3 fully saturated rings. The number of thiazole rings is 1. The summed E-state index contributed by atoms with van der Waals surface area (Å²) in [5, 5.41) is 5.43. The van der Waals surface area contributed by atoms with Crippen LogP contribution in [0.4, 0.5) is 9.93 Å². The smallest absolute Gasteiger partial charge is 0.321 e. The monoisotopic (exact) mass is 349 g/mol. The maximum absolute atomic E-state index is 12.1. The first-order valence-electron chi connectivity index (χ1n) is 9.23. The SMILES string of the molecule is O=C(Nc1nccs1)N1CC(N2CCN(C3CCCCC3)CC2)C1. The number of urea groups is 1. The van der Waals surface area contributed by atoms with Crippen LogP contribution in [0.15, 0.2) is 11.6 Å². The van der Waals surface area contributed by atoms with Crippen LogP contribution in [0, 0.1) is 0 Å². The summed E-state index contributed by atoms with van der Waals surface area (Å²) in [6, 6.07) is 1.37. The number of nitrogens with zero attached hydrogens (tertiary/aromatic N) is 4. The number of aromatic nitrogens is 1. The largest absolute Gasteiger partial charge is 0.323 e. The second-order valence-electron chi connectivity index (χ2n) is 7.19. The van der Waals surface area contributed by atoms with E-state index in [1.165, 1.54) is 56.5 Å². The van der Waals surface area contributed by atoms with E-state index in [1.54, 1.807) is 6.20 Å². The first-order valence-corrected chi connectivity index (χ1v) is 10.1. The molecule has 0 bridgehead atoms. The number of carbonyl (C=O) groups excluding carboxylic acids is 1. The van der Waals surface area contributed by atoms with E-state index in [9.17, 15) is 4.79 Å². The lowest BCUT2D eigenvalue weighted by Gasteiger charge is -2.49. The van der Waals surface area contributed by atoms with Crippen LogP contribution >= 0.6 is 11.3 Å². The van der Waals surface area contributed by atoms with Gasteiger partial charge in [0.2, 0.25) is 0 Å². The summed E-state index contributed by atoms with van der Waals surface area (Å²) in [6.45, 7) is 6.41. The molecule has 0 spiro atoms. The molecule has 1 aromatic heterocycles. The van der Waals surface area contributed by atoms with Gasteiger partial charge in [0.15, 0.2) is 5.13 Å². The molecule has 132 valence electrons. The molecule has 2 amide bonds. The lowest BCUT2D eigenvalue weighted by Crippen LogP contribution is -2.65. The van der Waals surface area contributed by atoms with Crippen LogP contribution in [0.5, 0.6) is 0 Å². The number of amides is 2. The summed E-state index contributed by atoms with van der Waals surface area (Å²) in [7, 11) is 0. The van der Waals surface area contributed by atoms with Gasteiger partial charge in [0.1, 0.15) is 0 Å². The van der Waals surface area contributed by atoms with E-state index in [4.69, 9.17) is 0 Å². The van der Waals surface area contributed by atoms with E-state index in [2.05, 4.69) is 20.1 Å². The van der Waals surface area contributed by atoms with Gasteiger partial charge in [0.05, 0.1) is 0 Å². The number of carbonyl (C=O) groups is 1. The molecule has 24 heavy (non-hydrogen) atoms. The summed E-state index contributed by atoms with van der Waals surface area (Å²) >= 11 is 1.46. The van der Waals surface area contributed by atoms with Crippen LogP contribution in [0.1, 0.15) is 32.1 Å². The van der Waals surface area contributed by atoms with Crippen LogP contribution in [-0.4, -0.2) is 77.1 Å². The number of hydrogen-bond donors (Lipinski definition) is 1. The predicted octanol–water partition coefficient (Wildman–Crippen LogP) is 2.31. The number of likely N-dealkylation sites (tertiary alicyclic amines) is 1. The fraction of sp³-hybridized carbons (Fsp3) is 0.765. The van der Waals surface area contributed by atoms with Crippen molar-refractivity contribution < 1.29 is 4.79 Å². The Hall–Kier alpha value is -1.18. The van der Waals surface area contributed by atoms with Crippen LogP contribution in [0.2, 0.25) is 0 Å². The minimum absolute atomic E-state index is 0.0120. The molecule has 2 saturated heterocycles. The number of rotatable bonds is 3. The molecule has 1 N–H and O–H groups in total. The fourth-order valence-corrected chi connectivity index (χ4v) is 4.74. The highest BCUT2D eigenvalue weighted by Crippen LogP contribution is 2.25. The molecule has 4 rings (SSSR count). The molecule has 2 aliphatic heterocycles. The molecule has 0 atom stereocenters. The van der Waals surface area contributed by atoms with Gasteiger partial charge < -0.3 is 4.90 Å². The van der Waals surface area contributed by atoms with Crippen LogP contribution in [-0.2, 0) is 0 Å². The highest BCUT2D eigenvalue weighted by molar-refractivity contribution is 7.13. The van der Waals surface area contributed by atoms with Gasteiger partial charge in [-0.15, -0.1) is 11.3 Å². The van der Waals surface area contributed by atoms with Crippen molar-refractivity contribution in [2.75, 3.05) is 44.6 Å². The molecule has 0 unspecified atom stereocenters. The van der Waals surface area contributed by atoms with Crippen molar-refractivity contribution in [3.63, 3.8) is 0 Å². The summed E-state index contributed by atoms with van der Waals surface area (Å²) in [4.78, 5) is 23.4. The highest BCUT2D eigenvalue weighted by atomic mass is 32.1. The first-order chi connectivity index (χ1) is 11.8. The Bertz CT molecular complexity index is 531. The van der Waals surface area contributed by atoms with Crippen molar-refractivity contribution in [3.05, 3.63) is 11.6 Å². The third-order valence-electron chi connectivity index (χ3n) is 5.75. The molecule has 0 aromatic carbocycles. The molecular weight excluding hydrogens is 322 g/mol. The number of nitrogens with one attached hydrogen (secondary N) is 1. The highest BCUT2D eigenvalue weighted by Gasteiger charge is 2.37. The van der Waals surface area contributed by atoms with Crippen molar-refractivity contribution in [3.8, 4) is 0 Å². The third-order valence-corrected chi connectivity index (χ3v) is 6.44. The van der Waals surface area contributed by atoms with Gasteiger partial charge in [0.25, 0.3) is 0 Å². The minimum Gasteiger partial charge on any atom is -0.321 e. The van der Waals surface area contributed by atoms with Crippen LogP contribution in [0.25, 0.3) is 0 Å². The Morgan fingerprint density at radius 1 is 1.04 bits per heavy atom. The van der Waals surface area contributed by atoms with Crippen molar-refractivity contribution in [2.45, 2.75) is 44.2 Å². The Labute approximate surface area is 147 Å². The van der Waals surface area contributed by atoms with Gasteiger partial charge in [-0.25, -0.2) is 9.78 Å². The maximum atomic E-state index is 12.1. The number of hydrogen-bond acceptors (Lipinski definition) is 5. The Balaban J connectivity index is 1.19. The summed E-state index contributed by atoms with van der Waals surface area (Å²) < 4.78 is 0.